The molecule has 0 spiro atoms. The lowest BCUT2D eigenvalue weighted by Gasteiger charge is -2.28. The van der Waals surface area contributed by atoms with E-state index >= 15 is 0 Å². The number of fused-ring (bicyclic) bond motifs is 1. The van der Waals surface area contributed by atoms with Crippen LogP contribution in [-0.2, 0) is 4.79 Å². The summed E-state index contributed by atoms with van der Waals surface area (Å²) in [5.41, 5.74) is 1.07. The van der Waals surface area contributed by atoms with Gasteiger partial charge in [0.2, 0.25) is 0 Å². The zero-order valence-electron chi connectivity index (χ0n) is 10.8. The minimum Gasteiger partial charge on any atom is -0.391 e. The van der Waals surface area contributed by atoms with Gasteiger partial charge in [0.15, 0.2) is 0 Å². The van der Waals surface area contributed by atoms with Gasteiger partial charge in [-0.25, -0.2) is 5.01 Å². The van der Waals surface area contributed by atoms with Crippen LogP contribution in [0.15, 0.2) is 5.10 Å². The zero-order valence-corrected chi connectivity index (χ0v) is 10.8. The molecule has 4 nitrogen and oxygen atoms in total. The fraction of sp³-hybridized carbons (Fsp3) is 0.857. The van der Waals surface area contributed by atoms with Crippen LogP contribution < -0.4 is 0 Å². The van der Waals surface area contributed by atoms with E-state index in [1.165, 1.54) is 0 Å². The number of hydrogen-bond donors (Lipinski definition) is 1. The molecule has 2 saturated carbocycles. The van der Waals surface area contributed by atoms with Crippen molar-refractivity contribution in [3.8, 4) is 0 Å². The monoisotopic (exact) mass is 250 g/mol. The highest BCUT2D eigenvalue weighted by atomic mass is 16.3. The molecular formula is C14H22N2O2. The molecule has 1 N–H and O–H groups in total. The van der Waals surface area contributed by atoms with Crippen LogP contribution in [0.4, 0.5) is 0 Å². The highest BCUT2D eigenvalue weighted by molar-refractivity contribution is 6.08. The lowest BCUT2D eigenvalue weighted by Crippen LogP contribution is -2.43. The van der Waals surface area contributed by atoms with E-state index in [1.54, 1.807) is 5.01 Å². The number of carbonyl (C=O) groups is 1. The number of nitrogens with zero attached hydrogens (tertiary/aromatic N) is 2. The summed E-state index contributed by atoms with van der Waals surface area (Å²) in [4.78, 5) is 12.4. The van der Waals surface area contributed by atoms with Crippen molar-refractivity contribution in [2.24, 2.45) is 11.0 Å². The Hall–Kier alpha value is -0.900. The molecule has 3 aliphatic rings. The van der Waals surface area contributed by atoms with E-state index < -0.39 is 0 Å². The highest BCUT2D eigenvalue weighted by Crippen LogP contribution is 2.33. The predicted molar refractivity (Wildman–Crippen MR) is 69.1 cm³/mol. The molecule has 18 heavy (non-hydrogen) atoms. The number of aliphatic hydroxyl groups is 1. The summed E-state index contributed by atoms with van der Waals surface area (Å²) in [5, 5.41) is 16.4. The van der Waals surface area contributed by atoms with E-state index in [4.69, 9.17) is 0 Å². The maximum atomic E-state index is 12.4. The number of amides is 1. The highest BCUT2D eigenvalue weighted by Gasteiger charge is 2.42. The van der Waals surface area contributed by atoms with E-state index in [0.29, 0.717) is 0 Å². The molecular weight excluding hydrogens is 228 g/mol. The van der Waals surface area contributed by atoms with Gasteiger partial charge in [-0.1, -0.05) is 25.7 Å². The summed E-state index contributed by atoms with van der Waals surface area (Å²) < 4.78 is 0. The second kappa shape index (κ2) is 5.00. The third-order valence-electron chi connectivity index (χ3n) is 4.60. The van der Waals surface area contributed by atoms with Gasteiger partial charge in [0, 0.05) is 0 Å². The maximum absolute atomic E-state index is 12.4. The topological polar surface area (TPSA) is 52.9 Å². The molecule has 0 radical (unpaired) electrons. The number of hydrogen-bond acceptors (Lipinski definition) is 3. The molecule has 0 aromatic carbocycles. The molecule has 3 rings (SSSR count). The Morgan fingerprint density at radius 3 is 2.67 bits per heavy atom. The molecule has 1 heterocycles. The Bertz CT molecular complexity index is 367. The summed E-state index contributed by atoms with van der Waals surface area (Å²) >= 11 is 0. The van der Waals surface area contributed by atoms with Crippen LogP contribution in [0.3, 0.4) is 0 Å². The molecule has 1 aliphatic heterocycles. The van der Waals surface area contributed by atoms with E-state index in [1.807, 2.05) is 0 Å². The normalized spacial score (nSPS) is 37.2. The fourth-order valence-electron chi connectivity index (χ4n) is 3.52. The van der Waals surface area contributed by atoms with Gasteiger partial charge in [-0.05, 0) is 32.1 Å². The van der Waals surface area contributed by atoms with Gasteiger partial charge in [0.25, 0.3) is 5.91 Å². The van der Waals surface area contributed by atoms with Gasteiger partial charge in [0.05, 0.1) is 23.8 Å². The molecule has 4 heteroatoms. The van der Waals surface area contributed by atoms with Crippen molar-refractivity contribution in [2.45, 2.75) is 69.9 Å². The number of carbonyl (C=O) groups excluding carboxylic acids is 1. The van der Waals surface area contributed by atoms with Gasteiger partial charge in [-0.3, -0.25) is 4.79 Å². The van der Waals surface area contributed by atoms with Crippen LogP contribution in [0.25, 0.3) is 0 Å². The molecule has 3 unspecified atom stereocenters. The number of rotatable bonds is 1. The molecule has 1 amide bonds. The lowest BCUT2D eigenvalue weighted by atomic mass is 9.87. The van der Waals surface area contributed by atoms with Crippen LogP contribution in [0.5, 0.6) is 0 Å². The summed E-state index contributed by atoms with van der Waals surface area (Å²) in [6, 6.07) is -0.0712. The molecule has 3 atom stereocenters. The second-order valence-electron chi connectivity index (χ2n) is 5.85. The minimum absolute atomic E-state index is 0.0363. The lowest BCUT2D eigenvalue weighted by molar-refractivity contribution is -0.136. The summed E-state index contributed by atoms with van der Waals surface area (Å²) in [7, 11) is 0. The quantitative estimate of drug-likeness (QED) is 0.724. The molecule has 2 fully saturated rings. The summed E-state index contributed by atoms with van der Waals surface area (Å²) in [5.74, 6) is 0.185. The zero-order chi connectivity index (χ0) is 12.5. The second-order valence-corrected chi connectivity index (χ2v) is 5.85. The van der Waals surface area contributed by atoms with Crippen molar-refractivity contribution in [3.63, 3.8) is 0 Å². The van der Waals surface area contributed by atoms with E-state index in [9.17, 15) is 9.90 Å². The van der Waals surface area contributed by atoms with Crippen LogP contribution in [0.2, 0.25) is 0 Å². The van der Waals surface area contributed by atoms with Crippen LogP contribution in [-0.4, -0.2) is 33.9 Å². The summed E-state index contributed by atoms with van der Waals surface area (Å²) in [6.45, 7) is 0. The van der Waals surface area contributed by atoms with Crippen molar-refractivity contribution >= 4 is 11.6 Å². The maximum Gasteiger partial charge on any atom is 0.251 e. The van der Waals surface area contributed by atoms with Crippen LogP contribution >= 0.6 is 0 Å². The molecule has 100 valence electrons. The van der Waals surface area contributed by atoms with E-state index in [0.717, 1.165) is 63.5 Å². The van der Waals surface area contributed by atoms with Crippen molar-refractivity contribution in [1.82, 2.24) is 5.01 Å². The van der Waals surface area contributed by atoms with Crippen LogP contribution in [0, 0.1) is 5.92 Å². The van der Waals surface area contributed by atoms with Gasteiger partial charge in [-0.15, -0.1) is 0 Å². The first-order valence-corrected chi connectivity index (χ1v) is 7.36. The van der Waals surface area contributed by atoms with E-state index in [2.05, 4.69) is 5.10 Å². The Kier molecular flexibility index (Phi) is 3.37. The van der Waals surface area contributed by atoms with E-state index in [-0.39, 0.29) is 24.0 Å². The Balaban J connectivity index is 1.79. The van der Waals surface area contributed by atoms with Gasteiger partial charge >= 0.3 is 0 Å². The largest absolute Gasteiger partial charge is 0.391 e. The first-order valence-electron chi connectivity index (χ1n) is 7.36. The Morgan fingerprint density at radius 2 is 1.83 bits per heavy atom. The van der Waals surface area contributed by atoms with Crippen molar-refractivity contribution < 1.29 is 9.90 Å². The average Bonchev–Trinajstić information content (AvgIpc) is 2.57. The van der Waals surface area contributed by atoms with Gasteiger partial charge in [0.1, 0.15) is 0 Å². The molecule has 2 aliphatic carbocycles. The predicted octanol–water partition coefficient (Wildman–Crippen LogP) is 2.07. The molecule has 0 saturated heterocycles. The first-order chi connectivity index (χ1) is 8.77. The van der Waals surface area contributed by atoms with Crippen molar-refractivity contribution in [1.29, 1.82) is 0 Å². The van der Waals surface area contributed by atoms with Crippen molar-refractivity contribution in [2.75, 3.05) is 0 Å². The molecule has 0 aromatic heterocycles. The minimum atomic E-state index is -0.388. The molecule has 0 bridgehead atoms. The third kappa shape index (κ3) is 2.07. The fourth-order valence-corrected chi connectivity index (χ4v) is 3.52. The SMILES string of the molecule is O=C1C2CCCCC2=NN1C1CCCCCC1O. The number of aliphatic hydroxyl groups excluding tert-OH is 1. The number of hydrazone groups is 1. The average molecular weight is 250 g/mol. The molecule has 0 aromatic rings. The van der Waals surface area contributed by atoms with Gasteiger partial charge in [-0.2, -0.15) is 5.10 Å². The summed E-state index contributed by atoms with van der Waals surface area (Å²) in [6.07, 6.45) is 8.87. The standard InChI is InChI=1S/C14H22N2O2/c17-13-9-3-1-2-8-12(13)16-14(18)10-6-4-5-7-11(10)15-16/h10,12-13,17H,1-9H2. The third-order valence-corrected chi connectivity index (χ3v) is 4.60. The Labute approximate surface area is 108 Å². The van der Waals surface area contributed by atoms with Crippen LogP contribution in [0.1, 0.15) is 57.8 Å². The smallest absolute Gasteiger partial charge is 0.251 e. The van der Waals surface area contributed by atoms with Gasteiger partial charge < -0.3 is 5.11 Å². The van der Waals surface area contributed by atoms with Crippen molar-refractivity contribution in [3.05, 3.63) is 0 Å². The first kappa shape index (κ1) is 12.2. The Morgan fingerprint density at radius 1 is 1.06 bits per heavy atom.